The van der Waals surface area contributed by atoms with E-state index in [0.29, 0.717) is 0 Å². The third-order valence-electron chi connectivity index (χ3n) is 13.4. The van der Waals surface area contributed by atoms with Gasteiger partial charge in [-0.2, -0.15) is 0 Å². The van der Waals surface area contributed by atoms with Crippen molar-refractivity contribution in [2.75, 3.05) is 4.90 Å². The normalized spacial score (nSPS) is 15.2. The predicted molar refractivity (Wildman–Crippen MR) is 272 cm³/mol. The summed E-state index contributed by atoms with van der Waals surface area (Å²) < 4.78 is 6.32. The number of para-hydroxylation sites is 1. The summed E-state index contributed by atoms with van der Waals surface area (Å²) in [6.07, 6.45) is 6.08. The summed E-state index contributed by atoms with van der Waals surface area (Å²) in [5.74, 6) is 1.52. The Kier molecular flexibility index (Phi) is 10.5. The Morgan fingerprint density at radius 3 is 1.78 bits per heavy atom. The van der Waals surface area contributed by atoms with E-state index in [4.69, 9.17) is 4.42 Å². The van der Waals surface area contributed by atoms with Crippen molar-refractivity contribution >= 4 is 49.8 Å². The molecule has 2 atom stereocenters. The molecule has 0 saturated heterocycles. The van der Waals surface area contributed by atoms with Crippen LogP contribution >= 0.6 is 0 Å². The Bertz CT molecular complexity index is 3260. The largest absolute Gasteiger partial charge is 0.456 e. The fourth-order valence-electron chi connectivity index (χ4n) is 10.4. The molecule has 0 spiro atoms. The molecule has 11 rings (SSSR count). The standard InChI is InChI=1S/C62H51NO/c1-42-37-43(2)39-45(38-42)22-21-44-23-25-46(26-24-44)47-27-32-53(33-28-47)63(55-16-8-15-51(40-55)52-31-36-59-58-17-6-7-20-60(58)64-61(59)41-52)54-34-29-49(30-35-54)57-19-10-14-50-13-9-18-56(62(50)57)48-11-4-3-5-12-48/h3-20,23-36,40-41,43,45H,1,21-22,37-39H2,2H3. The molecule has 9 aromatic carbocycles. The number of hydrogen-bond acceptors (Lipinski definition) is 2. The first-order valence-electron chi connectivity index (χ1n) is 22.9. The number of furan rings is 1. The Balaban J connectivity index is 0.936. The average molecular weight is 826 g/mol. The van der Waals surface area contributed by atoms with Crippen molar-refractivity contribution in [1.82, 2.24) is 0 Å². The topological polar surface area (TPSA) is 16.4 Å². The molecule has 1 heterocycles. The molecule has 0 radical (unpaired) electrons. The highest BCUT2D eigenvalue weighted by Gasteiger charge is 2.21. The number of hydrogen-bond donors (Lipinski definition) is 0. The van der Waals surface area contributed by atoms with Gasteiger partial charge >= 0.3 is 0 Å². The maximum atomic E-state index is 6.32. The summed E-state index contributed by atoms with van der Waals surface area (Å²) in [5.41, 5.74) is 17.5. The van der Waals surface area contributed by atoms with Crippen molar-refractivity contribution < 1.29 is 4.42 Å². The second kappa shape index (κ2) is 17.0. The molecular formula is C62H51NO. The first-order valence-corrected chi connectivity index (χ1v) is 22.9. The highest BCUT2D eigenvalue weighted by molar-refractivity contribution is 6.07. The van der Waals surface area contributed by atoms with Gasteiger partial charge in [-0.05, 0) is 159 Å². The number of benzene rings is 9. The first kappa shape index (κ1) is 39.4. The van der Waals surface area contributed by atoms with Gasteiger partial charge in [0.15, 0.2) is 0 Å². The van der Waals surface area contributed by atoms with Crippen LogP contribution in [-0.4, -0.2) is 0 Å². The molecule has 2 heteroatoms. The van der Waals surface area contributed by atoms with Crippen LogP contribution in [0.1, 0.15) is 38.2 Å². The zero-order valence-electron chi connectivity index (χ0n) is 36.4. The monoisotopic (exact) mass is 825 g/mol. The molecule has 0 aliphatic heterocycles. The highest BCUT2D eigenvalue weighted by atomic mass is 16.3. The van der Waals surface area contributed by atoms with E-state index >= 15 is 0 Å². The fourth-order valence-corrected chi connectivity index (χ4v) is 10.4. The van der Waals surface area contributed by atoms with Crippen LogP contribution in [0.5, 0.6) is 0 Å². The maximum absolute atomic E-state index is 6.32. The third-order valence-corrected chi connectivity index (χ3v) is 13.4. The SMILES string of the molecule is C=C1CC(C)CC(CCc2ccc(-c3ccc(N(c4ccc(-c5cccc6cccc(-c7ccccc7)c56)cc4)c4cccc(-c5ccc6c(c5)oc5ccccc56)c4)cc3)cc2)C1. The van der Waals surface area contributed by atoms with Gasteiger partial charge in [-0.1, -0.05) is 171 Å². The summed E-state index contributed by atoms with van der Waals surface area (Å²) in [6.45, 7) is 6.70. The van der Waals surface area contributed by atoms with Gasteiger partial charge < -0.3 is 9.32 Å². The van der Waals surface area contributed by atoms with Gasteiger partial charge in [0.05, 0.1) is 0 Å². The summed E-state index contributed by atoms with van der Waals surface area (Å²) in [5, 5.41) is 4.78. The van der Waals surface area contributed by atoms with E-state index in [9.17, 15) is 0 Å². The second-order valence-electron chi connectivity index (χ2n) is 18.0. The molecule has 10 aromatic rings. The number of anilines is 3. The van der Waals surface area contributed by atoms with Crippen molar-refractivity contribution in [3.63, 3.8) is 0 Å². The van der Waals surface area contributed by atoms with Crippen LogP contribution in [0.3, 0.4) is 0 Å². The second-order valence-corrected chi connectivity index (χ2v) is 18.0. The van der Waals surface area contributed by atoms with Crippen LogP contribution in [0, 0.1) is 11.8 Å². The zero-order chi connectivity index (χ0) is 43.0. The van der Waals surface area contributed by atoms with Crippen LogP contribution in [0.15, 0.2) is 223 Å². The van der Waals surface area contributed by atoms with E-state index in [0.717, 1.165) is 68.4 Å². The van der Waals surface area contributed by atoms with E-state index < -0.39 is 0 Å². The van der Waals surface area contributed by atoms with Crippen molar-refractivity contribution in [2.45, 2.75) is 39.0 Å². The molecule has 1 aliphatic rings. The van der Waals surface area contributed by atoms with E-state index in [1.54, 1.807) is 0 Å². The molecule has 0 bridgehead atoms. The minimum atomic E-state index is 0.759. The highest BCUT2D eigenvalue weighted by Crippen LogP contribution is 2.42. The molecule has 2 unspecified atom stereocenters. The molecule has 1 fully saturated rings. The molecule has 1 saturated carbocycles. The van der Waals surface area contributed by atoms with E-state index in [-0.39, 0.29) is 0 Å². The Morgan fingerprint density at radius 2 is 1.06 bits per heavy atom. The van der Waals surface area contributed by atoms with Gasteiger partial charge in [-0.15, -0.1) is 0 Å². The first-order chi connectivity index (χ1) is 31.5. The Hall–Kier alpha value is -7.42. The van der Waals surface area contributed by atoms with E-state index in [1.165, 1.54) is 81.0 Å². The number of aryl methyl sites for hydroxylation is 1. The number of fused-ring (bicyclic) bond motifs is 4. The van der Waals surface area contributed by atoms with E-state index in [2.05, 4.69) is 213 Å². The van der Waals surface area contributed by atoms with Crippen molar-refractivity contribution in [1.29, 1.82) is 0 Å². The molecule has 310 valence electrons. The lowest BCUT2D eigenvalue weighted by Gasteiger charge is -2.28. The molecular weight excluding hydrogens is 775 g/mol. The lowest BCUT2D eigenvalue weighted by Crippen LogP contribution is -2.15. The zero-order valence-corrected chi connectivity index (χ0v) is 36.4. The average Bonchev–Trinajstić information content (AvgIpc) is 3.72. The molecule has 0 N–H and O–H groups in total. The number of allylic oxidation sites excluding steroid dienone is 1. The molecule has 0 amide bonds. The van der Waals surface area contributed by atoms with Gasteiger partial charge in [-0.3, -0.25) is 0 Å². The lowest BCUT2D eigenvalue weighted by atomic mass is 9.77. The fraction of sp³-hybridized carbons (Fsp3) is 0.129. The van der Waals surface area contributed by atoms with Crippen LogP contribution < -0.4 is 4.90 Å². The summed E-state index contributed by atoms with van der Waals surface area (Å²) in [6, 6.07) is 75.1. The lowest BCUT2D eigenvalue weighted by molar-refractivity contribution is 0.321. The van der Waals surface area contributed by atoms with Gasteiger partial charge in [0.2, 0.25) is 0 Å². The molecule has 1 aromatic heterocycles. The predicted octanol–water partition coefficient (Wildman–Crippen LogP) is 17.8. The number of rotatable bonds is 10. The number of nitrogens with zero attached hydrogens (tertiary/aromatic N) is 1. The van der Waals surface area contributed by atoms with Crippen molar-refractivity contribution in [3.05, 3.63) is 224 Å². The minimum Gasteiger partial charge on any atom is -0.456 e. The Labute approximate surface area is 376 Å². The molecule has 2 nitrogen and oxygen atoms in total. The van der Waals surface area contributed by atoms with Crippen molar-refractivity contribution in [3.8, 4) is 44.5 Å². The van der Waals surface area contributed by atoms with Crippen LogP contribution in [0.2, 0.25) is 0 Å². The van der Waals surface area contributed by atoms with Gasteiger partial charge in [0.1, 0.15) is 11.2 Å². The van der Waals surface area contributed by atoms with Crippen LogP contribution in [-0.2, 0) is 6.42 Å². The third kappa shape index (κ3) is 7.82. The van der Waals surface area contributed by atoms with Gasteiger partial charge in [-0.25, -0.2) is 0 Å². The minimum absolute atomic E-state index is 0.759. The van der Waals surface area contributed by atoms with Gasteiger partial charge in [0, 0.05) is 27.8 Å². The quantitative estimate of drug-likeness (QED) is 0.128. The van der Waals surface area contributed by atoms with Gasteiger partial charge in [0.25, 0.3) is 0 Å². The van der Waals surface area contributed by atoms with Crippen LogP contribution in [0.25, 0.3) is 77.2 Å². The molecule has 64 heavy (non-hydrogen) atoms. The summed E-state index contributed by atoms with van der Waals surface area (Å²) in [7, 11) is 0. The summed E-state index contributed by atoms with van der Waals surface area (Å²) in [4.78, 5) is 2.37. The maximum Gasteiger partial charge on any atom is 0.136 e. The van der Waals surface area contributed by atoms with E-state index in [1.807, 2.05) is 12.1 Å². The van der Waals surface area contributed by atoms with Crippen molar-refractivity contribution in [2.24, 2.45) is 11.8 Å². The van der Waals surface area contributed by atoms with Crippen LogP contribution in [0.4, 0.5) is 17.1 Å². The Morgan fingerprint density at radius 1 is 0.484 bits per heavy atom. The smallest absolute Gasteiger partial charge is 0.136 e. The summed E-state index contributed by atoms with van der Waals surface area (Å²) >= 11 is 0. The molecule has 1 aliphatic carbocycles.